The molecule has 0 saturated carbocycles. The number of nitrogens with one attached hydrogen (secondary N) is 6. The van der Waals surface area contributed by atoms with Gasteiger partial charge in [0.05, 0.1) is 16.9 Å². The Bertz CT molecular complexity index is 4120. The summed E-state index contributed by atoms with van der Waals surface area (Å²) in [7, 11) is -1.94. The molecular formula is C83H123InN12O21S. The average Bonchev–Trinajstić information content (AvgIpc) is 0.750. The number of urea groups is 1. The molecule has 3 saturated heterocycles. The number of rotatable bonds is 50. The van der Waals surface area contributed by atoms with Crippen molar-refractivity contribution in [2.75, 3.05) is 136 Å². The molecule has 9 N–H and O–H groups in total. The quantitative estimate of drug-likeness (QED) is 0.0269. The molecule has 0 radical (unpaired) electrons. The van der Waals surface area contributed by atoms with Gasteiger partial charge < -0.3 is 51.1 Å². The molecule has 118 heavy (non-hydrogen) atoms. The second kappa shape index (κ2) is 51.0. The normalized spacial score (nSPS) is 17.3. The standard InChI is InChI=1S/C83H126N12O21S.In/c1-6-90(5)54-60-30-33-66-71(51-60)116-72-53-62(95(7-2)8-3)31-34-67(72)80(66)65-35-32-64(50-59(65)4)117(114,115)87-41-22-12-18-29-74(99)88-68(26-19-23-39-85-75(100)55-91-42-44-92(56-77(103)104)46-48-94(58-79(107)108)49-47-93(45-43-91)57-78(105)106)70(97)27-16-11-14-24-61(81(109)110)52-63(96)25-15-9-10-17-28-73(98)84-38-20-13-21-40-86-83(113)89-69(82(111)112)36-37-76(101)102;/h30-35,50-51,53-54,61,68-69,87H,6-29,36-49,52,55-58H2,1-5H3,(H,84,98)(H,85,100)(H,88,99)(H,101,102)(H,103,104)(H,105,106)(H,107,108)(H,109,110)(H,111,112)(H2,86,89,113);/q;+3/p-3/b60-54-;/t61?,68?,69-;/m0./s1/i;1-4. The van der Waals surface area contributed by atoms with Gasteiger partial charge in [-0.25, -0.2) is 22.7 Å². The molecule has 4 aliphatic rings. The number of carboxylic acid groups (broad SMARTS) is 3. The van der Waals surface area contributed by atoms with Crippen LogP contribution in [0.3, 0.4) is 0 Å². The fourth-order valence-corrected chi connectivity index (χ4v) is 18.6. The fraction of sp³-hybridized carbons (Fsp3) is 0.614. The molecule has 0 aliphatic carbocycles. The van der Waals surface area contributed by atoms with Gasteiger partial charge in [0.25, 0.3) is 0 Å². The Hall–Kier alpha value is -8.74. The van der Waals surface area contributed by atoms with Crippen molar-refractivity contribution in [1.82, 2.24) is 55.8 Å². The van der Waals surface area contributed by atoms with Crippen LogP contribution in [0.1, 0.15) is 192 Å². The molecule has 0 spiro atoms. The number of ether oxygens (including phenoxy) is 1. The van der Waals surface area contributed by atoms with Crippen molar-refractivity contribution >= 4 is 121 Å². The summed E-state index contributed by atoms with van der Waals surface area (Å²) in [6.45, 7) is 14.8. The van der Waals surface area contributed by atoms with E-state index in [1.807, 2.05) is 51.8 Å². The van der Waals surface area contributed by atoms with Crippen molar-refractivity contribution in [3.63, 3.8) is 0 Å². The van der Waals surface area contributed by atoms with Crippen molar-refractivity contribution in [3.05, 3.63) is 81.7 Å². The van der Waals surface area contributed by atoms with E-state index in [0.29, 0.717) is 173 Å². The largest absolute Gasteiger partial charge is 0.481 e. The number of hydrogen-bond acceptors (Lipinski definition) is 24. The van der Waals surface area contributed by atoms with E-state index in [9.17, 15) is 76.2 Å². The van der Waals surface area contributed by atoms with Crippen LogP contribution in [0.15, 0.2) is 59.5 Å². The first-order chi connectivity index (χ1) is 56.6. The summed E-state index contributed by atoms with van der Waals surface area (Å²) in [5.41, 5.74) is 4.48. The van der Waals surface area contributed by atoms with Crippen molar-refractivity contribution in [3.8, 4) is 11.5 Å². The number of hydrogen-bond donors (Lipinski definition) is 9. The number of carboxylic acids is 3. The average molecular weight is 1770 g/mol. The van der Waals surface area contributed by atoms with Crippen molar-refractivity contribution in [1.29, 1.82) is 0 Å². The fourth-order valence-electron chi connectivity index (χ4n) is 14.5. The van der Waals surface area contributed by atoms with Crippen LogP contribution in [-0.2, 0) is 71.3 Å². The second-order valence-corrected chi connectivity index (χ2v) is 36.1. The minimum Gasteiger partial charge on any atom is -0.481 e. The first kappa shape index (κ1) is 96.4. The summed E-state index contributed by atoms with van der Waals surface area (Å²) in [6.07, 6.45) is 10.5. The zero-order chi connectivity index (χ0) is 85.5. The Balaban J connectivity index is 0.869. The minimum absolute atomic E-state index is 0.0120. The summed E-state index contributed by atoms with van der Waals surface area (Å²) < 4.78 is 53.6. The first-order valence-electron chi connectivity index (χ1n) is 41.9. The van der Waals surface area contributed by atoms with E-state index in [-0.39, 0.29) is 125 Å². The Morgan fingerprint density at radius 3 is 1.69 bits per heavy atom. The van der Waals surface area contributed by atoms with Crippen LogP contribution < -0.4 is 51.4 Å². The van der Waals surface area contributed by atoms with Gasteiger partial charge >= 0.3 is 215 Å². The molecule has 5 amide bonds. The molecule has 7 rings (SSSR count). The third-order valence-corrected chi connectivity index (χ3v) is 26.9. The van der Waals surface area contributed by atoms with Gasteiger partial charge in [0.1, 0.15) is 23.3 Å². The number of Topliss-reactive ketones (excluding diaryl/α,β-unsaturated/α-hetero) is 2. The smallest absolute Gasteiger partial charge is 0.326 e. The van der Waals surface area contributed by atoms with Gasteiger partial charge in [0.2, 0.25) is 21.8 Å². The topological polar surface area (TPSA) is 428 Å². The van der Waals surface area contributed by atoms with Gasteiger partial charge in [-0.3, -0.25) is 28.8 Å². The number of aryl methyl sites for hydroxylation is 1. The van der Waals surface area contributed by atoms with E-state index in [2.05, 4.69) is 92.3 Å². The number of aliphatic carboxylic acids is 3. The monoisotopic (exact) mass is 1770 g/mol. The van der Waals surface area contributed by atoms with Crippen LogP contribution in [0.5, 0.6) is 11.5 Å². The summed E-state index contributed by atoms with van der Waals surface area (Å²) >= 11 is -4.32. The van der Waals surface area contributed by atoms with Crippen LogP contribution in [0.25, 0.3) is 11.8 Å². The zero-order valence-corrected chi connectivity index (χ0v) is 73.4. The number of ketones is 2. The summed E-state index contributed by atoms with van der Waals surface area (Å²) in [6, 6.07) is 14.6. The molecule has 0 aromatic heterocycles. The van der Waals surface area contributed by atoms with Gasteiger partial charge in [-0.2, -0.15) is 0 Å². The number of anilines is 1. The van der Waals surface area contributed by atoms with Crippen LogP contribution >= 0.6 is 0 Å². The predicted octanol–water partition coefficient (Wildman–Crippen LogP) is 4.78. The molecule has 4 heterocycles. The summed E-state index contributed by atoms with van der Waals surface area (Å²) in [5.74, 6) is -6.12. The van der Waals surface area contributed by atoms with Gasteiger partial charge in [0, 0.05) is 119 Å². The molecule has 4 bridgehead atoms. The number of carbonyl (C=O) groups excluding carboxylic acids is 9. The van der Waals surface area contributed by atoms with Crippen molar-refractivity contribution in [2.45, 2.75) is 199 Å². The maximum atomic E-state index is 14.1. The molecule has 33 nitrogen and oxygen atoms in total. The Morgan fingerprint density at radius 2 is 1.08 bits per heavy atom. The van der Waals surface area contributed by atoms with Gasteiger partial charge in [0.15, 0.2) is 5.78 Å². The first-order valence-corrected chi connectivity index (χ1v) is 47.4. The van der Waals surface area contributed by atoms with Crippen LogP contribution in [0.2, 0.25) is 0 Å². The molecule has 35 heteroatoms. The molecule has 5 atom stereocenters. The van der Waals surface area contributed by atoms with E-state index in [1.54, 1.807) is 12.1 Å². The third-order valence-electron chi connectivity index (χ3n) is 21.5. The van der Waals surface area contributed by atoms with Crippen LogP contribution in [0, 0.1) is 12.8 Å². The maximum absolute atomic E-state index is 14.1. The van der Waals surface area contributed by atoms with E-state index >= 15 is 0 Å². The third kappa shape index (κ3) is 34.2. The molecule has 4 aliphatic heterocycles. The number of fused-ring (bicyclic) bond motifs is 9. The molecule has 4 unspecified atom stereocenters. The molecule has 3 fully saturated rings. The Labute approximate surface area is 701 Å². The van der Waals surface area contributed by atoms with E-state index in [0.717, 1.165) is 58.0 Å². The Morgan fingerprint density at radius 1 is 0.534 bits per heavy atom. The summed E-state index contributed by atoms with van der Waals surface area (Å²) in [4.78, 5) is 164. The molecule has 3 aromatic carbocycles. The minimum atomic E-state index is -4.32. The van der Waals surface area contributed by atoms with Crippen LogP contribution in [0.4, 0.5) is 10.5 Å². The SMILES string of the molecule is CCN(C)/C=c1/ccc2c(c1)Oc1cc(N(CC)CC)ccc1C=2c1ccc(S(=O)(=O)NCCCCCC(=O)NC(CCCCNC(=O)CN2CCN3CCN4CCN(CC2)CC(=O)[O][111In]([O]C(=O)C3)[O]C(=O)C4)C(=O)CCCCCC(CC(=O)CCCCCCC(=O)NCCCCCNC(=O)N[C@@H](CCC(=O)O)C(=O)O)C(=O)O)cc1C. The molecular weight excluding hydrogens is 1640 g/mol. The number of carbonyl (C=O) groups is 12. The number of unbranched alkanes of at least 4 members (excludes halogenated alkanes) is 10. The second-order valence-electron chi connectivity index (χ2n) is 30.7. The Kier molecular flexibility index (Phi) is 41.7. The number of sulfonamides is 1. The van der Waals surface area contributed by atoms with E-state index in [1.165, 1.54) is 0 Å². The number of benzene rings is 3. The van der Waals surface area contributed by atoms with Crippen molar-refractivity contribution < 1.29 is 94.6 Å². The molecule has 3 aromatic rings. The van der Waals surface area contributed by atoms with E-state index < -0.39 is 99.0 Å². The maximum Gasteiger partial charge on any atom is 0.326 e. The zero-order valence-electron chi connectivity index (χ0n) is 69.3. The van der Waals surface area contributed by atoms with Crippen LogP contribution in [-0.4, -0.2) is 286 Å². The number of amides is 5. The summed E-state index contributed by atoms with van der Waals surface area (Å²) in [5, 5.41) is 43.6. The van der Waals surface area contributed by atoms with E-state index in [4.69, 9.17) is 18.4 Å². The predicted molar refractivity (Wildman–Crippen MR) is 442 cm³/mol. The van der Waals surface area contributed by atoms with Gasteiger partial charge in [-0.1, -0.05) is 44.2 Å². The number of nitrogens with zero attached hydrogens (tertiary/aromatic N) is 6. The van der Waals surface area contributed by atoms with Crippen molar-refractivity contribution in [2.24, 2.45) is 5.92 Å². The van der Waals surface area contributed by atoms with Gasteiger partial charge in [-0.05, 0) is 157 Å². The molecule has 650 valence electrons. The van der Waals surface area contributed by atoms with Gasteiger partial charge in [-0.15, -0.1) is 0 Å².